The van der Waals surface area contributed by atoms with E-state index in [0.717, 1.165) is 4.90 Å². The lowest BCUT2D eigenvalue weighted by molar-refractivity contribution is -0.124. The highest BCUT2D eigenvalue weighted by Crippen LogP contribution is 2.65. The molecule has 2 aliphatic rings. The van der Waals surface area contributed by atoms with Crippen LogP contribution in [0, 0.1) is 12.8 Å². The molecule has 0 aromatic heterocycles. The lowest BCUT2D eigenvalue weighted by Gasteiger charge is -2.22. The number of carbonyl (C=O) groups excluding carboxylic acids is 4. The van der Waals surface area contributed by atoms with Crippen LogP contribution in [0.3, 0.4) is 0 Å². The average Bonchev–Trinajstić information content (AvgIpc) is 3.48. The Morgan fingerprint density at radius 1 is 0.927 bits per heavy atom. The zero-order valence-electron chi connectivity index (χ0n) is 21.2. The second-order valence-corrected chi connectivity index (χ2v) is 12.4. The maximum Gasteiger partial charge on any atom is 0.257 e. The van der Waals surface area contributed by atoms with Crippen molar-refractivity contribution >= 4 is 98.7 Å². The van der Waals surface area contributed by atoms with E-state index >= 15 is 0 Å². The van der Waals surface area contributed by atoms with Crippen molar-refractivity contribution < 1.29 is 19.2 Å². The van der Waals surface area contributed by atoms with Crippen molar-refractivity contribution in [2.45, 2.75) is 23.6 Å². The van der Waals surface area contributed by atoms with Gasteiger partial charge in [0.1, 0.15) is 4.33 Å². The van der Waals surface area contributed by atoms with Gasteiger partial charge in [0.15, 0.2) is 0 Å². The molecule has 2 atom stereocenters. The molecule has 1 aliphatic carbocycles. The molecule has 3 aromatic rings. The molecule has 0 saturated heterocycles. The molecule has 7 nitrogen and oxygen atoms in total. The first kappa shape index (κ1) is 29.4. The molecule has 210 valence electrons. The predicted octanol–water partition coefficient (Wildman–Crippen LogP) is 7.55. The molecule has 3 aromatic carbocycles. The second-order valence-electron chi connectivity index (χ2n) is 9.64. The van der Waals surface area contributed by atoms with E-state index in [4.69, 9.17) is 58.0 Å². The van der Waals surface area contributed by atoms with Gasteiger partial charge in [-0.25, -0.2) is 4.90 Å². The van der Waals surface area contributed by atoms with E-state index in [0.29, 0.717) is 38.2 Å². The molecule has 0 radical (unpaired) electrons. The third kappa shape index (κ3) is 5.96. The molecule has 1 heterocycles. The van der Waals surface area contributed by atoms with Crippen molar-refractivity contribution in [3.05, 3.63) is 98.5 Å². The highest BCUT2D eigenvalue weighted by molar-refractivity contribution is 6.53. The van der Waals surface area contributed by atoms with Gasteiger partial charge in [0.05, 0.1) is 22.2 Å². The Hall–Kier alpha value is -3.07. The van der Waals surface area contributed by atoms with E-state index < -0.39 is 33.9 Å². The van der Waals surface area contributed by atoms with E-state index in [1.165, 1.54) is 24.3 Å². The Kier molecular flexibility index (Phi) is 8.12. The van der Waals surface area contributed by atoms with Crippen molar-refractivity contribution in [1.82, 2.24) is 0 Å². The van der Waals surface area contributed by atoms with Crippen LogP contribution in [0.15, 0.2) is 66.7 Å². The Labute approximate surface area is 260 Å². The average molecular weight is 652 g/mol. The summed E-state index contributed by atoms with van der Waals surface area (Å²) in [5.41, 5.74) is 2.52. The quantitative estimate of drug-likeness (QED) is 0.213. The summed E-state index contributed by atoms with van der Waals surface area (Å²) in [6, 6.07) is 14.2. The van der Waals surface area contributed by atoms with Crippen molar-refractivity contribution in [2.24, 2.45) is 5.92 Å². The maximum atomic E-state index is 13.2. The largest absolute Gasteiger partial charge is 0.326 e. The Morgan fingerprint density at radius 3 is 2.29 bits per heavy atom. The fourth-order valence-corrected chi connectivity index (χ4v) is 6.33. The van der Waals surface area contributed by atoms with Crippen LogP contribution in [0.25, 0.3) is 0 Å². The van der Waals surface area contributed by atoms with E-state index in [2.05, 4.69) is 10.6 Å². The van der Waals surface area contributed by atoms with Crippen LogP contribution in [0.1, 0.15) is 33.8 Å². The summed E-state index contributed by atoms with van der Waals surface area (Å²) in [4.78, 5) is 51.8. The molecule has 1 aliphatic heterocycles. The van der Waals surface area contributed by atoms with Gasteiger partial charge in [0, 0.05) is 39.8 Å². The monoisotopic (exact) mass is 649 g/mol. The number of alkyl halides is 2. The molecule has 0 spiro atoms. The molecule has 2 unspecified atom stereocenters. The van der Waals surface area contributed by atoms with Crippen molar-refractivity contribution in [3.8, 4) is 0 Å². The van der Waals surface area contributed by atoms with E-state index in [-0.39, 0.29) is 22.9 Å². The molecule has 4 amide bonds. The highest BCUT2D eigenvalue weighted by atomic mass is 35.5. The zero-order valence-corrected chi connectivity index (χ0v) is 25.0. The first-order valence-corrected chi connectivity index (χ1v) is 14.2. The summed E-state index contributed by atoms with van der Waals surface area (Å²) in [5.74, 6) is -3.07. The zero-order chi connectivity index (χ0) is 29.6. The van der Waals surface area contributed by atoms with Gasteiger partial charge in [-0.2, -0.15) is 0 Å². The van der Waals surface area contributed by atoms with Crippen LogP contribution < -0.4 is 15.5 Å². The molecule has 1 fully saturated rings. The van der Waals surface area contributed by atoms with Crippen LogP contribution >= 0.6 is 58.0 Å². The summed E-state index contributed by atoms with van der Waals surface area (Å²) in [6.45, 7) is 1.73. The number of halogens is 5. The summed E-state index contributed by atoms with van der Waals surface area (Å²) in [7, 11) is 0. The van der Waals surface area contributed by atoms with Crippen LogP contribution in [-0.2, 0) is 14.4 Å². The van der Waals surface area contributed by atoms with Crippen LogP contribution in [0.4, 0.5) is 17.1 Å². The van der Waals surface area contributed by atoms with Crippen molar-refractivity contribution in [2.75, 3.05) is 15.5 Å². The van der Waals surface area contributed by atoms with Gasteiger partial charge in [-0.3, -0.25) is 19.2 Å². The van der Waals surface area contributed by atoms with Crippen LogP contribution in [0.2, 0.25) is 15.1 Å². The van der Waals surface area contributed by atoms with Crippen molar-refractivity contribution in [1.29, 1.82) is 0 Å². The first-order chi connectivity index (χ1) is 19.4. The molecular formula is C29H20Cl5N3O4. The summed E-state index contributed by atoms with van der Waals surface area (Å²) >= 11 is 31.4. The number of hydrogen-bond donors (Lipinski definition) is 2. The molecular weight excluding hydrogens is 632 g/mol. The first-order valence-electron chi connectivity index (χ1n) is 12.3. The fraction of sp³-hybridized carbons (Fsp3) is 0.172. The van der Waals surface area contributed by atoms with Gasteiger partial charge in [-0.15, -0.1) is 23.2 Å². The molecule has 12 heteroatoms. The minimum atomic E-state index is -1.37. The summed E-state index contributed by atoms with van der Waals surface area (Å²) in [5, 5.41) is 6.48. The minimum absolute atomic E-state index is 0.108. The molecule has 1 saturated carbocycles. The Bertz CT molecular complexity index is 1640. The Balaban J connectivity index is 1.30. The normalized spacial score (nSPS) is 19.2. The van der Waals surface area contributed by atoms with Gasteiger partial charge in [0.2, 0.25) is 11.8 Å². The molecule has 41 heavy (non-hydrogen) atoms. The van der Waals surface area contributed by atoms with Gasteiger partial charge in [-0.1, -0.05) is 40.9 Å². The Morgan fingerprint density at radius 2 is 1.63 bits per heavy atom. The minimum Gasteiger partial charge on any atom is -0.326 e. The van der Waals surface area contributed by atoms with Gasteiger partial charge in [0.25, 0.3) is 11.8 Å². The summed E-state index contributed by atoms with van der Waals surface area (Å²) < 4.78 is -1.37. The molecule has 0 bridgehead atoms. The van der Waals surface area contributed by atoms with Crippen molar-refractivity contribution in [3.63, 3.8) is 0 Å². The lowest BCUT2D eigenvalue weighted by Crippen LogP contribution is -2.37. The van der Waals surface area contributed by atoms with E-state index in [1.54, 1.807) is 49.4 Å². The number of nitrogens with one attached hydrogen (secondary N) is 2. The van der Waals surface area contributed by atoms with Gasteiger partial charge < -0.3 is 10.6 Å². The number of aryl methyl sites for hydroxylation is 1. The molecule has 5 rings (SSSR count). The lowest BCUT2D eigenvalue weighted by atomic mass is 10.1. The number of hydrogen-bond acceptors (Lipinski definition) is 4. The van der Waals surface area contributed by atoms with Crippen LogP contribution in [-0.4, -0.2) is 28.0 Å². The number of amides is 4. The third-order valence-electron chi connectivity index (χ3n) is 6.80. The number of rotatable bonds is 6. The smallest absolute Gasteiger partial charge is 0.257 e. The van der Waals surface area contributed by atoms with Crippen LogP contribution in [0.5, 0.6) is 0 Å². The third-order valence-corrected chi connectivity index (χ3v) is 8.50. The summed E-state index contributed by atoms with van der Waals surface area (Å²) in [6.07, 6.45) is 2.99. The molecule has 2 N–H and O–H groups in total. The number of imide groups is 1. The van der Waals surface area contributed by atoms with Gasteiger partial charge in [-0.05, 0) is 72.6 Å². The number of carbonyl (C=O) groups is 4. The standard InChI is InChI=1S/C29H20Cl5N3O4/c1-14-9-19(37-23(38)3-2-4-24(37)39)6-8-22(14)36-27(40)20-13-18(5-7-21(20)32)35-28(41)26-25(29(26,33)34)15-10-16(30)12-17(31)11-15/h2-3,5-13,25-26H,4H2,1H3,(H,35,41)(H,36,40). The highest BCUT2D eigenvalue weighted by Gasteiger charge is 2.67. The van der Waals surface area contributed by atoms with E-state index in [1.807, 2.05) is 0 Å². The predicted molar refractivity (Wildman–Crippen MR) is 163 cm³/mol. The van der Waals surface area contributed by atoms with E-state index in [9.17, 15) is 19.2 Å². The number of benzene rings is 3. The van der Waals surface area contributed by atoms with Gasteiger partial charge >= 0.3 is 0 Å². The second kappa shape index (κ2) is 11.3. The SMILES string of the molecule is Cc1cc(N2C(=O)C=CCC2=O)ccc1NC(=O)c1cc(NC(=O)C2C(c3cc(Cl)cc(Cl)c3)C2(Cl)Cl)ccc1Cl. The fourth-order valence-electron chi connectivity index (χ4n) is 4.76. The topological polar surface area (TPSA) is 95.6 Å². The number of anilines is 3. The maximum absolute atomic E-state index is 13.2. The number of nitrogens with zero attached hydrogens (tertiary/aromatic N) is 1.